The Morgan fingerprint density at radius 1 is 1.16 bits per heavy atom. The number of nitrogens with one attached hydrogen (secondary N) is 2. The number of hydrogen-bond donors (Lipinski definition) is 3. The molecule has 0 aliphatic carbocycles. The maximum absolute atomic E-state index is 11.6. The summed E-state index contributed by atoms with van der Waals surface area (Å²) in [5, 5.41) is 13.9. The van der Waals surface area contributed by atoms with Gasteiger partial charge in [0.05, 0.1) is 0 Å². The molecule has 1 saturated heterocycles. The Balaban J connectivity index is 2.19. The molecule has 1 rings (SSSR count). The van der Waals surface area contributed by atoms with Crippen LogP contribution in [-0.4, -0.2) is 67.3 Å². The van der Waals surface area contributed by atoms with Crippen LogP contribution in [0.4, 0.5) is 4.79 Å². The van der Waals surface area contributed by atoms with E-state index >= 15 is 0 Å². The standard InChI is InChI=1S/C11H19N3O5/c1-14(2)11(18)13-6-5-12-9(15)7-3-4-8(19-7)10(16)17/h7-8H,3-6H2,1-2H3,(H,12,15)(H,13,18)(H,16,17). The van der Waals surface area contributed by atoms with Crippen molar-refractivity contribution in [3.63, 3.8) is 0 Å². The van der Waals surface area contributed by atoms with Crippen LogP contribution in [0, 0.1) is 0 Å². The summed E-state index contributed by atoms with van der Waals surface area (Å²) in [5.41, 5.74) is 0. The van der Waals surface area contributed by atoms with Gasteiger partial charge in [-0.15, -0.1) is 0 Å². The average Bonchev–Trinajstić information content (AvgIpc) is 2.83. The van der Waals surface area contributed by atoms with E-state index < -0.39 is 18.2 Å². The van der Waals surface area contributed by atoms with E-state index in [2.05, 4.69) is 10.6 Å². The minimum Gasteiger partial charge on any atom is -0.479 e. The third-order valence-corrected chi connectivity index (χ3v) is 2.69. The van der Waals surface area contributed by atoms with Gasteiger partial charge in [0.15, 0.2) is 6.10 Å². The molecule has 19 heavy (non-hydrogen) atoms. The molecule has 1 fully saturated rings. The highest BCUT2D eigenvalue weighted by Gasteiger charge is 2.34. The molecule has 8 heteroatoms. The zero-order valence-electron chi connectivity index (χ0n) is 11.0. The fraction of sp³-hybridized carbons (Fsp3) is 0.727. The summed E-state index contributed by atoms with van der Waals surface area (Å²) in [7, 11) is 3.23. The molecule has 3 N–H and O–H groups in total. The van der Waals surface area contributed by atoms with Gasteiger partial charge in [-0.2, -0.15) is 0 Å². The number of nitrogens with zero attached hydrogens (tertiary/aromatic N) is 1. The molecule has 108 valence electrons. The molecule has 0 aromatic carbocycles. The largest absolute Gasteiger partial charge is 0.479 e. The second-order valence-corrected chi connectivity index (χ2v) is 4.45. The van der Waals surface area contributed by atoms with Crippen molar-refractivity contribution in [3.8, 4) is 0 Å². The first-order chi connectivity index (χ1) is 8.91. The third kappa shape index (κ3) is 4.74. The van der Waals surface area contributed by atoms with E-state index in [0.717, 1.165) is 0 Å². The predicted molar refractivity (Wildman–Crippen MR) is 65.6 cm³/mol. The number of carbonyl (C=O) groups is 3. The Labute approximate surface area is 111 Å². The highest BCUT2D eigenvalue weighted by atomic mass is 16.5. The minimum atomic E-state index is -1.05. The van der Waals surface area contributed by atoms with Gasteiger partial charge in [0.1, 0.15) is 6.10 Å². The van der Waals surface area contributed by atoms with Gasteiger partial charge in [0.2, 0.25) is 5.91 Å². The first kappa shape index (κ1) is 15.2. The predicted octanol–water partition coefficient (Wildman–Crippen LogP) is -0.994. The van der Waals surface area contributed by atoms with Gasteiger partial charge in [0.25, 0.3) is 0 Å². The van der Waals surface area contributed by atoms with E-state index in [9.17, 15) is 14.4 Å². The quantitative estimate of drug-likeness (QED) is 0.557. The van der Waals surface area contributed by atoms with E-state index in [1.165, 1.54) is 4.90 Å². The Bertz CT molecular complexity index is 358. The van der Waals surface area contributed by atoms with Gasteiger partial charge in [-0.05, 0) is 12.8 Å². The summed E-state index contributed by atoms with van der Waals surface area (Å²) < 4.78 is 5.09. The summed E-state index contributed by atoms with van der Waals surface area (Å²) in [6.07, 6.45) is -0.882. The number of carbonyl (C=O) groups excluding carboxylic acids is 2. The van der Waals surface area contributed by atoms with Gasteiger partial charge in [-0.25, -0.2) is 9.59 Å². The van der Waals surface area contributed by atoms with Crippen molar-refractivity contribution in [2.24, 2.45) is 0 Å². The molecular weight excluding hydrogens is 254 g/mol. The lowest BCUT2D eigenvalue weighted by molar-refractivity contribution is -0.151. The molecule has 2 unspecified atom stereocenters. The molecule has 0 aromatic rings. The van der Waals surface area contributed by atoms with Gasteiger partial charge < -0.3 is 25.4 Å². The van der Waals surface area contributed by atoms with E-state index in [1.54, 1.807) is 14.1 Å². The van der Waals surface area contributed by atoms with Crippen LogP contribution in [0.15, 0.2) is 0 Å². The second-order valence-electron chi connectivity index (χ2n) is 4.45. The van der Waals surface area contributed by atoms with Crippen molar-refractivity contribution in [3.05, 3.63) is 0 Å². The van der Waals surface area contributed by atoms with E-state index in [0.29, 0.717) is 19.4 Å². The number of amides is 3. The number of aliphatic carboxylic acids is 1. The maximum Gasteiger partial charge on any atom is 0.332 e. The smallest absolute Gasteiger partial charge is 0.332 e. The van der Waals surface area contributed by atoms with Crippen molar-refractivity contribution < 1.29 is 24.2 Å². The van der Waals surface area contributed by atoms with Crippen molar-refractivity contribution in [2.75, 3.05) is 27.2 Å². The zero-order chi connectivity index (χ0) is 14.4. The molecule has 0 saturated carbocycles. The molecule has 2 atom stereocenters. The zero-order valence-corrected chi connectivity index (χ0v) is 11.0. The van der Waals surface area contributed by atoms with Crippen molar-refractivity contribution in [1.29, 1.82) is 0 Å². The molecule has 0 spiro atoms. The lowest BCUT2D eigenvalue weighted by Gasteiger charge is -2.14. The number of carboxylic acids is 1. The van der Waals surface area contributed by atoms with Crippen LogP contribution in [0.2, 0.25) is 0 Å². The first-order valence-corrected chi connectivity index (χ1v) is 6.03. The van der Waals surface area contributed by atoms with Gasteiger partial charge >= 0.3 is 12.0 Å². The molecule has 0 bridgehead atoms. The molecule has 1 aliphatic rings. The Morgan fingerprint density at radius 3 is 2.26 bits per heavy atom. The number of rotatable bonds is 5. The van der Waals surface area contributed by atoms with Crippen molar-refractivity contribution >= 4 is 17.9 Å². The fourth-order valence-electron chi connectivity index (χ4n) is 1.64. The van der Waals surface area contributed by atoms with Crippen LogP contribution < -0.4 is 10.6 Å². The highest BCUT2D eigenvalue weighted by Crippen LogP contribution is 2.19. The van der Waals surface area contributed by atoms with Crippen LogP contribution in [0.5, 0.6) is 0 Å². The van der Waals surface area contributed by atoms with Gasteiger partial charge in [-0.3, -0.25) is 4.79 Å². The SMILES string of the molecule is CN(C)C(=O)NCCNC(=O)C1CCC(C(=O)O)O1. The lowest BCUT2D eigenvalue weighted by atomic mass is 10.2. The first-order valence-electron chi connectivity index (χ1n) is 6.03. The van der Waals surface area contributed by atoms with Crippen LogP contribution in [0.3, 0.4) is 0 Å². The highest BCUT2D eigenvalue weighted by molar-refractivity contribution is 5.82. The molecular formula is C11H19N3O5. The van der Waals surface area contributed by atoms with Gasteiger partial charge in [0, 0.05) is 27.2 Å². The van der Waals surface area contributed by atoms with E-state index in [-0.39, 0.29) is 18.5 Å². The molecule has 3 amide bonds. The summed E-state index contributed by atoms with van der Waals surface area (Å²) in [4.78, 5) is 34.9. The van der Waals surface area contributed by atoms with Crippen LogP contribution in [0.25, 0.3) is 0 Å². The number of urea groups is 1. The maximum atomic E-state index is 11.6. The summed E-state index contributed by atoms with van der Waals surface area (Å²) in [5.74, 6) is -1.39. The summed E-state index contributed by atoms with van der Waals surface area (Å²) in [6.45, 7) is 0.577. The third-order valence-electron chi connectivity index (χ3n) is 2.69. The normalized spacial score (nSPS) is 21.8. The fourth-order valence-corrected chi connectivity index (χ4v) is 1.64. The lowest BCUT2D eigenvalue weighted by Crippen LogP contribution is -2.42. The Hall–Kier alpha value is -1.83. The van der Waals surface area contributed by atoms with E-state index in [4.69, 9.17) is 9.84 Å². The topological polar surface area (TPSA) is 108 Å². The molecule has 8 nitrogen and oxygen atoms in total. The van der Waals surface area contributed by atoms with Gasteiger partial charge in [-0.1, -0.05) is 0 Å². The van der Waals surface area contributed by atoms with Crippen molar-refractivity contribution in [2.45, 2.75) is 25.0 Å². The van der Waals surface area contributed by atoms with E-state index in [1.807, 2.05) is 0 Å². The Morgan fingerprint density at radius 2 is 1.74 bits per heavy atom. The van der Waals surface area contributed by atoms with Crippen LogP contribution in [0.1, 0.15) is 12.8 Å². The Kier molecular flexibility index (Phi) is 5.56. The summed E-state index contributed by atoms with van der Waals surface area (Å²) >= 11 is 0. The number of hydrogen-bond acceptors (Lipinski definition) is 4. The summed E-state index contributed by atoms with van der Waals surface area (Å²) in [6, 6.07) is -0.239. The molecule has 1 heterocycles. The molecule has 1 aliphatic heterocycles. The van der Waals surface area contributed by atoms with Crippen molar-refractivity contribution in [1.82, 2.24) is 15.5 Å². The molecule has 0 aromatic heterocycles. The number of carboxylic acid groups (broad SMARTS) is 1. The second kappa shape index (κ2) is 6.93. The minimum absolute atomic E-state index is 0.239. The number of ether oxygens (including phenoxy) is 1. The molecule has 0 radical (unpaired) electrons. The average molecular weight is 273 g/mol. The monoisotopic (exact) mass is 273 g/mol. The van der Waals surface area contributed by atoms with Crippen LogP contribution in [-0.2, 0) is 14.3 Å². The van der Waals surface area contributed by atoms with Crippen LogP contribution >= 0.6 is 0 Å².